The number of hydrogen-bond donors (Lipinski definition) is 2. The van der Waals surface area contributed by atoms with Gasteiger partial charge in [-0.15, -0.1) is 0 Å². The van der Waals surface area contributed by atoms with Crippen molar-refractivity contribution in [3.05, 3.63) is 46.6 Å². The van der Waals surface area contributed by atoms with E-state index in [1.165, 1.54) is 17.8 Å². The minimum Gasteiger partial charge on any atom is -0.383 e. The van der Waals surface area contributed by atoms with E-state index in [9.17, 15) is 13.2 Å². The lowest BCUT2D eigenvalue weighted by molar-refractivity contribution is -0.137. The van der Waals surface area contributed by atoms with Crippen molar-refractivity contribution in [1.29, 1.82) is 0 Å². The average molecular weight is 444 g/mol. The molecule has 11 heteroatoms. The second-order valence-electron chi connectivity index (χ2n) is 5.92. The third-order valence-corrected chi connectivity index (χ3v) is 5.14. The maximum Gasteiger partial charge on any atom is 0.416 e. The van der Waals surface area contributed by atoms with Crippen molar-refractivity contribution in [2.75, 3.05) is 32.1 Å². The Kier molecular flexibility index (Phi) is 6.66. The number of methoxy groups -OCH3 is 1. The minimum atomic E-state index is -4.50. The highest BCUT2D eigenvalue weighted by molar-refractivity contribution is 8.21. The highest BCUT2D eigenvalue weighted by atomic mass is 35.5. The summed E-state index contributed by atoms with van der Waals surface area (Å²) in [4.78, 5) is 13.6. The number of nitrogens with two attached hydrogens (primary N) is 1. The fraction of sp³-hybridized carbons (Fsp3) is 0.278. The second-order valence-corrected chi connectivity index (χ2v) is 7.39. The number of ether oxygens (including phenoxy) is 1. The average Bonchev–Trinajstić information content (AvgIpc) is 2.67. The monoisotopic (exact) mass is 443 g/mol. The van der Waals surface area contributed by atoms with Gasteiger partial charge in [0, 0.05) is 29.1 Å². The zero-order valence-electron chi connectivity index (χ0n) is 15.3. The van der Waals surface area contributed by atoms with Crippen LogP contribution in [-0.2, 0) is 10.9 Å². The maximum atomic E-state index is 13.2. The lowest BCUT2D eigenvalue weighted by Gasteiger charge is -2.15. The molecule has 0 bridgehead atoms. The summed E-state index contributed by atoms with van der Waals surface area (Å²) in [6.07, 6.45) is -2.67. The fourth-order valence-corrected chi connectivity index (χ4v) is 3.46. The van der Waals surface area contributed by atoms with Crippen LogP contribution in [0.25, 0.3) is 16.2 Å². The summed E-state index contributed by atoms with van der Waals surface area (Å²) >= 11 is 7.42. The van der Waals surface area contributed by atoms with Gasteiger partial charge in [-0.2, -0.15) is 13.2 Å². The SMILES string of the molecule is COCCNc1nc(C2=CCN=C(N)S2)cc(-c2cc(C(F)(F)F)ccc2Cl)n1. The van der Waals surface area contributed by atoms with E-state index >= 15 is 0 Å². The molecule has 3 rings (SSSR count). The Morgan fingerprint density at radius 3 is 2.69 bits per heavy atom. The number of rotatable bonds is 6. The number of thioether (sulfide) groups is 1. The molecule has 1 aliphatic heterocycles. The van der Waals surface area contributed by atoms with E-state index in [-0.39, 0.29) is 22.2 Å². The van der Waals surface area contributed by atoms with Crippen LogP contribution in [0, 0.1) is 0 Å². The number of anilines is 1. The van der Waals surface area contributed by atoms with E-state index in [0.717, 1.165) is 17.0 Å². The molecule has 2 heterocycles. The smallest absolute Gasteiger partial charge is 0.383 e. The molecule has 1 aromatic heterocycles. The zero-order chi connectivity index (χ0) is 21.0. The minimum absolute atomic E-state index is 0.150. The Morgan fingerprint density at radius 2 is 2.00 bits per heavy atom. The van der Waals surface area contributed by atoms with E-state index in [2.05, 4.69) is 20.3 Å². The first-order chi connectivity index (χ1) is 13.8. The number of amidine groups is 1. The van der Waals surface area contributed by atoms with Crippen LogP contribution in [0.2, 0.25) is 5.02 Å². The Labute approximate surface area is 174 Å². The predicted octanol–water partition coefficient (Wildman–Crippen LogP) is 4.28. The van der Waals surface area contributed by atoms with Crippen molar-refractivity contribution < 1.29 is 17.9 Å². The Bertz CT molecular complexity index is 965. The van der Waals surface area contributed by atoms with Crippen LogP contribution in [0.1, 0.15) is 11.3 Å². The summed E-state index contributed by atoms with van der Waals surface area (Å²) in [5, 5.41) is 3.53. The Balaban J connectivity index is 2.07. The maximum absolute atomic E-state index is 13.2. The van der Waals surface area contributed by atoms with Crippen molar-refractivity contribution in [1.82, 2.24) is 9.97 Å². The van der Waals surface area contributed by atoms with Crippen molar-refractivity contribution in [2.24, 2.45) is 10.7 Å². The number of hydrogen-bond acceptors (Lipinski definition) is 7. The van der Waals surface area contributed by atoms with Gasteiger partial charge in [0.05, 0.1) is 30.1 Å². The molecule has 0 aliphatic carbocycles. The van der Waals surface area contributed by atoms with Crippen LogP contribution in [0.5, 0.6) is 0 Å². The second kappa shape index (κ2) is 9.02. The van der Waals surface area contributed by atoms with E-state index in [1.807, 2.05) is 6.08 Å². The van der Waals surface area contributed by atoms with Gasteiger partial charge in [-0.25, -0.2) is 9.97 Å². The number of benzene rings is 1. The van der Waals surface area contributed by atoms with Gasteiger partial charge < -0.3 is 15.8 Å². The Morgan fingerprint density at radius 1 is 1.24 bits per heavy atom. The zero-order valence-corrected chi connectivity index (χ0v) is 16.8. The van der Waals surface area contributed by atoms with Crippen LogP contribution in [0.4, 0.5) is 19.1 Å². The summed E-state index contributed by atoms with van der Waals surface area (Å²) in [5.41, 5.74) is 5.90. The van der Waals surface area contributed by atoms with Gasteiger partial charge in [0.1, 0.15) is 0 Å². The van der Waals surface area contributed by atoms with E-state index < -0.39 is 11.7 Å². The molecule has 1 aliphatic rings. The van der Waals surface area contributed by atoms with Gasteiger partial charge in [0.15, 0.2) is 5.17 Å². The van der Waals surface area contributed by atoms with Gasteiger partial charge in [-0.3, -0.25) is 4.99 Å². The molecule has 0 saturated heterocycles. The summed E-state index contributed by atoms with van der Waals surface area (Å²) in [6.45, 7) is 1.22. The van der Waals surface area contributed by atoms with Crippen molar-refractivity contribution in [3.8, 4) is 11.3 Å². The van der Waals surface area contributed by atoms with Gasteiger partial charge in [0.2, 0.25) is 5.95 Å². The first-order valence-corrected chi connectivity index (χ1v) is 9.64. The molecule has 0 amide bonds. The molecule has 1 aromatic carbocycles. The van der Waals surface area contributed by atoms with E-state index in [4.69, 9.17) is 22.1 Å². The lowest BCUT2D eigenvalue weighted by atomic mass is 10.1. The highest BCUT2D eigenvalue weighted by Crippen LogP contribution is 2.37. The summed E-state index contributed by atoms with van der Waals surface area (Å²) in [5.74, 6) is 0.241. The van der Waals surface area contributed by atoms with Gasteiger partial charge in [-0.1, -0.05) is 23.4 Å². The van der Waals surface area contributed by atoms with Crippen molar-refractivity contribution >= 4 is 39.4 Å². The molecule has 154 valence electrons. The largest absolute Gasteiger partial charge is 0.416 e. The topological polar surface area (TPSA) is 85.4 Å². The van der Waals surface area contributed by atoms with E-state index in [1.54, 1.807) is 13.2 Å². The number of nitrogens with zero attached hydrogens (tertiary/aromatic N) is 3. The highest BCUT2D eigenvalue weighted by Gasteiger charge is 2.31. The normalized spacial score (nSPS) is 14.4. The molecule has 0 fully saturated rings. The molecular formula is C18H17ClF3N5OS. The summed E-state index contributed by atoms with van der Waals surface area (Å²) < 4.78 is 44.5. The lowest BCUT2D eigenvalue weighted by Crippen LogP contribution is -2.13. The molecule has 0 radical (unpaired) electrons. The summed E-state index contributed by atoms with van der Waals surface area (Å²) in [7, 11) is 1.55. The number of alkyl halides is 3. The van der Waals surface area contributed by atoms with Crippen LogP contribution in [0.3, 0.4) is 0 Å². The van der Waals surface area contributed by atoms with Crippen LogP contribution in [0.15, 0.2) is 35.3 Å². The molecular weight excluding hydrogens is 427 g/mol. The van der Waals surface area contributed by atoms with Crippen molar-refractivity contribution in [3.63, 3.8) is 0 Å². The van der Waals surface area contributed by atoms with Gasteiger partial charge in [0.25, 0.3) is 0 Å². The van der Waals surface area contributed by atoms with Crippen LogP contribution < -0.4 is 11.1 Å². The standard InChI is InChI=1S/C18H17ClF3N5OS/c1-28-7-6-25-17-26-13(9-14(27-17)15-4-5-24-16(23)29-15)11-8-10(18(20,21)22)2-3-12(11)19/h2-4,8-9H,5-7H2,1H3,(H2,23,24)(H,25,26,27). The number of nitrogens with one attached hydrogen (secondary N) is 1. The van der Waals surface area contributed by atoms with Crippen LogP contribution in [-0.4, -0.2) is 41.9 Å². The molecule has 3 N–H and O–H groups in total. The quantitative estimate of drug-likeness (QED) is 0.648. The predicted molar refractivity (Wildman–Crippen MR) is 110 cm³/mol. The van der Waals surface area contributed by atoms with Crippen molar-refractivity contribution in [2.45, 2.75) is 6.18 Å². The number of aromatic nitrogens is 2. The number of halogens is 4. The van der Waals surface area contributed by atoms with Gasteiger partial charge >= 0.3 is 6.18 Å². The van der Waals surface area contributed by atoms with Gasteiger partial charge in [-0.05, 0) is 30.3 Å². The molecule has 29 heavy (non-hydrogen) atoms. The van der Waals surface area contributed by atoms with E-state index in [0.29, 0.717) is 30.6 Å². The molecule has 0 saturated carbocycles. The molecule has 2 aromatic rings. The third kappa shape index (κ3) is 5.40. The molecule has 0 atom stereocenters. The van der Waals surface area contributed by atoms with Crippen LogP contribution >= 0.6 is 23.4 Å². The first kappa shape index (κ1) is 21.4. The number of aliphatic imine (C=N–C) groups is 1. The molecule has 6 nitrogen and oxygen atoms in total. The Hall–Kier alpha value is -2.30. The summed E-state index contributed by atoms with van der Waals surface area (Å²) in [6, 6.07) is 4.70. The molecule has 0 unspecified atom stereocenters. The third-order valence-electron chi connectivity index (χ3n) is 3.88. The first-order valence-electron chi connectivity index (χ1n) is 8.45. The fourth-order valence-electron chi connectivity index (χ4n) is 2.52. The molecule has 0 spiro atoms.